The molecule has 3 rings (SSSR count). The fraction of sp³-hybridized carbons (Fsp3) is 0.381. The van der Waals surface area contributed by atoms with Crippen LogP contribution in [-0.4, -0.2) is 0 Å². The number of rotatable bonds is 0. The Kier molecular flexibility index (Phi) is 11.6. The SMILES string of the molecule is CC1=[C-]C(C)(C)C(C)=C1C.Cc1ccc(C)c2[cH-]c(Br)cc12.[Cl-].[Cl-].[Zr+4]. The van der Waals surface area contributed by atoms with Crippen molar-refractivity contribution in [1.82, 2.24) is 0 Å². The Morgan fingerprint density at radius 1 is 0.960 bits per heavy atom. The summed E-state index contributed by atoms with van der Waals surface area (Å²) in [6.45, 7) is 15.2. The summed E-state index contributed by atoms with van der Waals surface area (Å²) in [6, 6.07) is 8.70. The van der Waals surface area contributed by atoms with Gasteiger partial charge in [0.15, 0.2) is 0 Å². The fourth-order valence-electron chi connectivity index (χ4n) is 2.96. The van der Waals surface area contributed by atoms with E-state index in [1.807, 2.05) is 0 Å². The third kappa shape index (κ3) is 6.13. The average molecular weight is 519 g/mol. The van der Waals surface area contributed by atoms with E-state index in [0.717, 1.165) is 0 Å². The van der Waals surface area contributed by atoms with Crippen molar-refractivity contribution in [3.05, 3.63) is 62.7 Å². The minimum atomic E-state index is 0. The zero-order chi connectivity index (χ0) is 16.7. The van der Waals surface area contributed by atoms with Gasteiger partial charge in [0.1, 0.15) is 0 Å². The van der Waals surface area contributed by atoms with Crippen molar-refractivity contribution < 1.29 is 51.0 Å². The van der Waals surface area contributed by atoms with Crippen LogP contribution in [0.25, 0.3) is 10.8 Å². The minimum Gasteiger partial charge on any atom is -1.00 e. The van der Waals surface area contributed by atoms with Crippen LogP contribution in [0.3, 0.4) is 0 Å². The van der Waals surface area contributed by atoms with Crippen molar-refractivity contribution in [1.29, 1.82) is 0 Å². The van der Waals surface area contributed by atoms with E-state index in [9.17, 15) is 0 Å². The van der Waals surface area contributed by atoms with Gasteiger partial charge in [-0.25, -0.2) is 5.57 Å². The van der Waals surface area contributed by atoms with Gasteiger partial charge in [0, 0.05) is 0 Å². The van der Waals surface area contributed by atoms with Crippen LogP contribution in [0.15, 0.2) is 45.5 Å². The monoisotopic (exact) mass is 516 g/mol. The first kappa shape index (κ1) is 27.5. The molecule has 0 saturated heterocycles. The van der Waals surface area contributed by atoms with Crippen LogP contribution in [0, 0.1) is 25.3 Å². The van der Waals surface area contributed by atoms with Gasteiger partial charge in [-0.05, 0) is 6.92 Å². The van der Waals surface area contributed by atoms with Gasteiger partial charge in [-0.1, -0.05) is 72.1 Å². The molecule has 25 heavy (non-hydrogen) atoms. The standard InChI is InChI=1S/C11H10Br.C10H15.2ClH.Zr/c1-7-3-4-8(2)11-6-9(12)5-10(7)11;1-7-6-10(4,5)9(3)8(7)2;;;/h3-6H,1-2H3;1-5H3;2*1H;/q2*-1;;;+4/p-2. The summed E-state index contributed by atoms with van der Waals surface area (Å²) >= 11 is 3.49. The second kappa shape index (κ2) is 10.6. The van der Waals surface area contributed by atoms with E-state index < -0.39 is 0 Å². The summed E-state index contributed by atoms with van der Waals surface area (Å²) in [5, 5.41) is 2.73. The molecule has 1 aliphatic rings. The van der Waals surface area contributed by atoms with E-state index in [2.05, 4.69) is 94.7 Å². The van der Waals surface area contributed by atoms with E-state index in [1.54, 1.807) is 0 Å². The summed E-state index contributed by atoms with van der Waals surface area (Å²) < 4.78 is 1.18. The number of allylic oxidation sites excluding steroid dienone is 4. The number of fused-ring (bicyclic) bond motifs is 1. The molecular weight excluding hydrogens is 494 g/mol. The first-order valence-corrected chi connectivity index (χ1v) is 8.55. The van der Waals surface area contributed by atoms with Gasteiger partial charge in [0.05, 0.1) is 0 Å². The Morgan fingerprint density at radius 3 is 1.84 bits per heavy atom. The molecule has 0 spiro atoms. The van der Waals surface area contributed by atoms with Crippen molar-refractivity contribution in [3.63, 3.8) is 0 Å². The summed E-state index contributed by atoms with van der Waals surface area (Å²) in [7, 11) is 0. The molecule has 134 valence electrons. The number of halogens is 3. The normalized spacial score (nSPS) is 14.6. The third-order valence-electron chi connectivity index (χ3n) is 4.85. The molecule has 2 aromatic rings. The molecule has 0 atom stereocenters. The Morgan fingerprint density at radius 2 is 1.48 bits per heavy atom. The minimum absolute atomic E-state index is 0. The van der Waals surface area contributed by atoms with E-state index in [1.165, 1.54) is 43.1 Å². The maximum Gasteiger partial charge on any atom is 4.00 e. The van der Waals surface area contributed by atoms with E-state index in [4.69, 9.17) is 0 Å². The topological polar surface area (TPSA) is 0 Å². The molecule has 2 aromatic carbocycles. The van der Waals surface area contributed by atoms with Gasteiger partial charge >= 0.3 is 26.2 Å². The van der Waals surface area contributed by atoms with Crippen molar-refractivity contribution in [3.8, 4) is 0 Å². The van der Waals surface area contributed by atoms with E-state index >= 15 is 0 Å². The van der Waals surface area contributed by atoms with Crippen LogP contribution in [0.1, 0.15) is 45.7 Å². The fourth-order valence-corrected chi connectivity index (χ4v) is 3.42. The van der Waals surface area contributed by atoms with Gasteiger partial charge in [0.25, 0.3) is 0 Å². The van der Waals surface area contributed by atoms with Gasteiger partial charge in [-0.15, -0.1) is 35.4 Å². The largest absolute Gasteiger partial charge is 4.00 e. The maximum atomic E-state index is 3.49. The third-order valence-corrected chi connectivity index (χ3v) is 5.31. The Labute approximate surface area is 193 Å². The van der Waals surface area contributed by atoms with Crippen LogP contribution in [0.5, 0.6) is 0 Å². The summed E-state index contributed by atoms with van der Waals surface area (Å²) in [5.74, 6) is 0. The molecule has 0 unspecified atom stereocenters. The Balaban J connectivity index is 0. The van der Waals surface area contributed by atoms with Crippen molar-refractivity contribution in [2.75, 3.05) is 0 Å². The number of hydrogen-bond donors (Lipinski definition) is 0. The molecule has 0 N–H and O–H groups in total. The van der Waals surface area contributed by atoms with Crippen molar-refractivity contribution >= 4 is 26.7 Å². The van der Waals surface area contributed by atoms with Crippen LogP contribution < -0.4 is 24.8 Å². The second-order valence-electron chi connectivity index (χ2n) is 6.83. The number of aryl methyl sites for hydroxylation is 2. The molecule has 0 fully saturated rings. The zero-order valence-electron chi connectivity index (χ0n) is 15.9. The zero-order valence-corrected chi connectivity index (χ0v) is 21.5. The maximum absolute atomic E-state index is 3.49. The molecule has 0 radical (unpaired) electrons. The molecule has 0 bridgehead atoms. The first-order chi connectivity index (χ1) is 10.1. The average Bonchev–Trinajstić information content (AvgIpc) is 2.91. The summed E-state index contributed by atoms with van der Waals surface area (Å²) in [4.78, 5) is 0. The Bertz CT molecular complexity index is 744. The second-order valence-corrected chi connectivity index (χ2v) is 7.74. The molecule has 0 aromatic heterocycles. The molecule has 1 aliphatic carbocycles. The smallest absolute Gasteiger partial charge is 1.00 e. The Hall–Kier alpha value is 0.253. The molecular formula is C21H25BrCl2Zr. The van der Waals surface area contributed by atoms with E-state index in [0.29, 0.717) is 0 Å². The molecule has 0 heterocycles. The number of benzene rings is 1. The van der Waals surface area contributed by atoms with Gasteiger partial charge in [-0.2, -0.15) is 17.2 Å². The summed E-state index contributed by atoms with van der Waals surface area (Å²) in [5.41, 5.74) is 7.09. The van der Waals surface area contributed by atoms with Crippen molar-refractivity contribution in [2.45, 2.75) is 48.5 Å². The molecule has 0 saturated carbocycles. The summed E-state index contributed by atoms with van der Waals surface area (Å²) in [6.07, 6.45) is 3.44. The predicted octanol–water partition coefficient (Wildman–Crippen LogP) is 1.06. The number of hydrogen-bond acceptors (Lipinski definition) is 0. The van der Waals surface area contributed by atoms with E-state index in [-0.39, 0.29) is 56.4 Å². The quantitative estimate of drug-likeness (QED) is 0.457. The predicted molar refractivity (Wildman–Crippen MR) is 101 cm³/mol. The molecule has 0 amide bonds. The van der Waals surface area contributed by atoms with Crippen LogP contribution in [0.2, 0.25) is 0 Å². The van der Waals surface area contributed by atoms with Crippen LogP contribution in [0.4, 0.5) is 0 Å². The van der Waals surface area contributed by atoms with Crippen LogP contribution in [-0.2, 0) is 26.2 Å². The van der Waals surface area contributed by atoms with Crippen LogP contribution >= 0.6 is 15.9 Å². The van der Waals surface area contributed by atoms with Crippen molar-refractivity contribution in [2.24, 2.45) is 5.41 Å². The molecule has 4 heteroatoms. The molecule has 0 aliphatic heterocycles. The first-order valence-electron chi connectivity index (χ1n) is 7.75. The van der Waals surface area contributed by atoms with Gasteiger partial charge in [-0.3, -0.25) is 6.08 Å². The molecule has 0 nitrogen and oxygen atoms in total. The van der Waals surface area contributed by atoms with Gasteiger partial charge in [0.2, 0.25) is 0 Å². The van der Waals surface area contributed by atoms with Gasteiger partial charge < -0.3 is 24.8 Å².